The zero-order valence-corrected chi connectivity index (χ0v) is 14.5. The normalized spacial score (nSPS) is 15.9. The molecule has 3 rings (SSSR count). The van der Waals surface area contributed by atoms with Crippen LogP contribution in [0.3, 0.4) is 0 Å². The summed E-state index contributed by atoms with van der Waals surface area (Å²) < 4.78 is 5.08. The highest BCUT2D eigenvalue weighted by Gasteiger charge is 2.31. The molecule has 8 heteroatoms. The number of carbonyl (C=O) groups excluding carboxylic acids is 1. The van der Waals surface area contributed by atoms with Gasteiger partial charge < -0.3 is 14.9 Å². The second-order valence-corrected chi connectivity index (χ2v) is 5.70. The number of benzene rings is 2. The van der Waals surface area contributed by atoms with E-state index in [0.29, 0.717) is 5.69 Å². The first kappa shape index (κ1) is 18.1. The second kappa shape index (κ2) is 8.13. The van der Waals surface area contributed by atoms with Crippen molar-refractivity contribution in [1.82, 2.24) is 0 Å². The molecule has 1 unspecified atom stereocenters. The van der Waals surface area contributed by atoms with Crippen molar-refractivity contribution in [3.8, 4) is 11.1 Å². The van der Waals surface area contributed by atoms with Gasteiger partial charge in [-0.1, -0.05) is 41.6 Å². The number of anilines is 1. The van der Waals surface area contributed by atoms with Crippen LogP contribution in [-0.4, -0.2) is 30.4 Å². The van der Waals surface area contributed by atoms with Crippen molar-refractivity contribution in [2.75, 3.05) is 12.4 Å². The monoisotopic (exact) mass is 367 g/mol. The van der Waals surface area contributed by atoms with Gasteiger partial charge in [-0.15, -0.1) is 0 Å². The van der Waals surface area contributed by atoms with Gasteiger partial charge in [0.05, 0.1) is 17.6 Å². The van der Waals surface area contributed by atoms with Gasteiger partial charge in [0.2, 0.25) is 0 Å². The smallest absolute Gasteiger partial charge is 0.357 e. The van der Waals surface area contributed by atoms with E-state index < -0.39 is 17.1 Å². The van der Waals surface area contributed by atoms with Crippen molar-refractivity contribution in [1.29, 1.82) is 0 Å². The molecule has 0 saturated heterocycles. The standard InChI is InChI=1S/C19H17N3O5/c1-26-20-12-13-5-4-6-14(11-13)15-7-2-3-8-16(15)21-19(23)17-9-10-18(27-17)22(24)25/h2-9,11-12,18H,10H2,1H3,(H,21,23)/b20-12+. The van der Waals surface area contributed by atoms with Gasteiger partial charge in [-0.25, -0.2) is 0 Å². The topological polar surface area (TPSA) is 103 Å². The van der Waals surface area contributed by atoms with Crippen molar-refractivity contribution < 1.29 is 19.3 Å². The van der Waals surface area contributed by atoms with Gasteiger partial charge in [-0.3, -0.25) is 14.9 Å². The third-order valence-corrected chi connectivity index (χ3v) is 3.91. The Morgan fingerprint density at radius 3 is 2.89 bits per heavy atom. The minimum absolute atomic E-state index is 0.0486. The lowest BCUT2D eigenvalue weighted by Gasteiger charge is -2.12. The van der Waals surface area contributed by atoms with Crippen molar-refractivity contribution >= 4 is 17.8 Å². The van der Waals surface area contributed by atoms with Crippen molar-refractivity contribution in [3.05, 3.63) is 76.0 Å². The van der Waals surface area contributed by atoms with E-state index in [4.69, 9.17) is 9.57 Å². The molecule has 8 nitrogen and oxygen atoms in total. The lowest BCUT2D eigenvalue weighted by molar-refractivity contribution is -0.566. The maximum atomic E-state index is 12.4. The Labute approximate surface area is 155 Å². The molecule has 2 aromatic carbocycles. The SMILES string of the molecule is CO/N=C/c1cccc(-c2ccccc2NC(=O)C2=CCC([N+](=O)[O-])O2)c1. The zero-order chi connectivity index (χ0) is 19.2. The van der Waals surface area contributed by atoms with Crippen LogP contribution in [0.1, 0.15) is 12.0 Å². The number of ether oxygens (including phenoxy) is 1. The zero-order valence-electron chi connectivity index (χ0n) is 14.5. The summed E-state index contributed by atoms with van der Waals surface area (Å²) in [5.74, 6) is -0.573. The molecule has 0 bridgehead atoms. The molecule has 2 aromatic rings. The maximum absolute atomic E-state index is 12.4. The molecule has 138 valence electrons. The second-order valence-electron chi connectivity index (χ2n) is 5.70. The van der Waals surface area contributed by atoms with Crippen LogP contribution in [0.2, 0.25) is 0 Å². The third-order valence-electron chi connectivity index (χ3n) is 3.91. The van der Waals surface area contributed by atoms with Gasteiger partial charge in [0.1, 0.15) is 7.11 Å². The summed E-state index contributed by atoms with van der Waals surface area (Å²) in [4.78, 5) is 27.3. The van der Waals surface area contributed by atoms with E-state index in [9.17, 15) is 14.9 Å². The predicted molar refractivity (Wildman–Crippen MR) is 99.7 cm³/mol. The molecule has 0 radical (unpaired) electrons. The number of amides is 1. The molecule has 1 amide bonds. The molecule has 0 spiro atoms. The van der Waals surface area contributed by atoms with E-state index in [0.717, 1.165) is 16.7 Å². The van der Waals surface area contributed by atoms with Crippen LogP contribution in [0.4, 0.5) is 5.69 Å². The van der Waals surface area contributed by atoms with Gasteiger partial charge in [-0.2, -0.15) is 0 Å². The summed E-state index contributed by atoms with van der Waals surface area (Å²) in [5, 5.41) is 17.3. The Hall–Kier alpha value is -3.68. The van der Waals surface area contributed by atoms with Gasteiger partial charge in [0.15, 0.2) is 5.76 Å². The van der Waals surface area contributed by atoms with E-state index in [-0.39, 0.29) is 12.2 Å². The third kappa shape index (κ3) is 4.30. The Morgan fingerprint density at radius 2 is 2.15 bits per heavy atom. The van der Waals surface area contributed by atoms with Crippen LogP contribution in [-0.2, 0) is 14.4 Å². The first-order valence-electron chi connectivity index (χ1n) is 8.16. The average Bonchev–Trinajstić information content (AvgIpc) is 3.18. The van der Waals surface area contributed by atoms with E-state index >= 15 is 0 Å². The van der Waals surface area contributed by atoms with Gasteiger partial charge in [0.25, 0.3) is 5.91 Å². The molecule has 0 fully saturated rings. The predicted octanol–water partition coefficient (Wildman–Crippen LogP) is 3.18. The fraction of sp³-hybridized carbons (Fsp3) is 0.158. The number of para-hydroxylation sites is 1. The van der Waals surface area contributed by atoms with Gasteiger partial charge >= 0.3 is 6.23 Å². The summed E-state index contributed by atoms with van der Waals surface area (Å²) in [6, 6.07) is 14.8. The van der Waals surface area contributed by atoms with Gasteiger partial charge in [0, 0.05) is 11.3 Å². The van der Waals surface area contributed by atoms with Crippen molar-refractivity contribution in [3.63, 3.8) is 0 Å². The molecule has 1 aliphatic heterocycles. The van der Waals surface area contributed by atoms with E-state index in [1.165, 1.54) is 13.2 Å². The molecular weight excluding hydrogens is 350 g/mol. The lowest BCUT2D eigenvalue weighted by atomic mass is 10.0. The first-order valence-corrected chi connectivity index (χ1v) is 8.16. The number of carbonyl (C=O) groups is 1. The molecule has 1 aliphatic rings. The van der Waals surface area contributed by atoms with E-state index in [2.05, 4.69) is 10.5 Å². The van der Waals surface area contributed by atoms with Crippen molar-refractivity contribution in [2.45, 2.75) is 12.6 Å². The van der Waals surface area contributed by atoms with Crippen LogP contribution >= 0.6 is 0 Å². The number of rotatable bonds is 6. The van der Waals surface area contributed by atoms with Crippen LogP contribution in [0.25, 0.3) is 11.1 Å². The highest BCUT2D eigenvalue weighted by molar-refractivity contribution is 6.04. The number of nitrogens with one attached hydrogen (secondary N) is 1. The minimum Gasteiger partial charge on any atom is -0.424 e. The fourth-order valence-electron chi connectivity index (χ4n) is 2.65. The summed E-state index contributed by atoms with van der Waals surface area (Å²) in [7, 11) is 1.47. The maximum Gasteiger partial charge on any atom is 0.357 e. The van der Waals surface area contributed by atoms with E-state index in [1.54, 1.807) is 18.3 Å². The lowest BCUT2D eigenvalue weighted by Crippen LogP contribution is -2.22. The molecular formula is C19H17N3O5. The summed E-state index contributed by atoms with van der Waals surface area (Å²) >= 11 is 0. The summed E-state index contributed by atoms with van der Waals surface area (Å²) in [6.45, 7) is 0. The molecule has 1 N–H and O–H groups in total. The Balaban J connectivity index is 1.82. The summed E-state index contributed by atoms with van der Waals surface area (Å²) in [6.07, 6.45) is 1.86. The number of oxime groups is 1. The van der Waals surface area contributed by atoms with Crippen LogP contribution < -0.4 is 5.32 Å². The average molecular weight is 367 g/mol. The molecule has 0 saturated carbocycles. The van der Waals surface area contributed by atoms with E-state index in [1.807, 2.05) is 36.4 Å². The van der Waals surface area contributed by atoms with Crippen molar-refractivity contribution in [2.24, 2.45) is 5.16 Å². The number of nitro groups is 1. The van der Waals surface area contributed by atoms with Gasteiger partial charge in [-0.05, 0) is 29.3 Å². The van der Waals surface area contributed by atoms with Crippen LogP contribution in [0, 0.1) is 10.1 Å². The quantitative estimate of drug-likeness (QED) is 0.480. The fourth-order valence-corrected chi connectivity index (χ4v) is 2.65. The minimum atomic E-state index is -1.21. The number of hydrogen-bond acceptors (Lipinski definition) is 6. The molecule has 0 aromatic heterocycles. The summed E-state index contributed by atoms with van der Waals surface area (Å²) in [5.41, 5.74) is 3.07. The van der Waals surface area contributed by atoms with Crippen LogP contribution in [0.5, 0.6) is 0 Å². The number of hydrogen-bond donors (Lipinski definition) is 1. The number of nitrogens with zero attached hydrogens (tertiary/aromatic N) is 2. The highest BCUT2D eigenvalue weighted by atomic mass is 16.7. The largest absolute Gasteiger partial charge is 0.424 e. The molecule has 1 heterocycles. The molecule has 27 heavy (non-hydrogen) atoms. The Morgan fingerprint density at radius 1 is 1.33 bits per heavy atom. The molecule has 0 aliphatic carbocycles. The Bertz CT molecular complexity index is 923. The molecule has 1 atom stereocenters. The van der Waals surface area contributed by atoms with Crippen LogP contribution in [0.15, 0.2) is 65.5 Å². The highest BCUT2D eigenvalue weighted by Crippen LogP contribution is 2.29. The first-order chi connectivity index (χ1) is 13.1. The Kier molecular flexibility index (Phi) is 5.46.